The second-order valence-corrected chi connectivity index (χ2v) is 7.34. The molecule has 0 fully saturated rings. The van der Waals surface area contributed by atoms with Crippen LogP contribution < -0.4 is 5.43 Å². The van der Waals surface area contributed by atoms with Crippen molar-refractivity contribution in [2.45, 2.75) is 6.42 Å². The van der Waals surface area contributed by atoms with Crippen LogP contribution in [0.5, 0.6) is 5.75 Å². The zero-order chi connectivity index (χ0) is 20.2. The van der Waals surface area contributed by atoms with Crippen molar-refractivity contribution in [2.24, 2.45) is 5.10 Å². The summed E-state index contributed by atoms with van der Waals surface area (Å²) in [7, 11) is 0. The highest BCUT2D eigenvalue weighted by Gasteiger charge is 2.09. The number of hydrogen-bond acceptors (Lipinski definition) is 4. The van der Waals surface area contributed by atoms with Gasteiger partial charge in [-0.3, -0.25) is 4.79 Å². The highest BCUT2D eigenvalue weighted by molar-refractivity contribution is 9.10. The van der Waals surface area contributed by atoms with Crippen LogP contribution in [0.4, 0.5) is 0 Å². The maximum atomic E-state index is 12.4. The van der Waals surface area contributed by atoms with Gasteiger partial charge >= 0.3 is 0 Å². The maximum absolute atomic E-state index is 12.4. The molecule has 0 atom stereocenters. The molecular weight excluding hydrogens is 432 g/mol. The average Bonchev–Trinajstić information content (AvgIpc) is 3.12. The van der Waals surface area contributed by atoms with E-state index in [1.54, 1.807) is 30.3 Å². The Morgan fingerprint density at radius 2 is 1.97 bits per heavy atom. The lowest BCUT2D eigenvalue weighted by Gasteiger charge is -2.01. The van der Waals surface area contributed by atoms with E-state index in [-0.39, 0.29) is 11.7 Å². The highest BCUT2D eigenvalue weighted by Crippen LogP contribution is 2.23. The van der Waals surface area contributed by atoms with Crippen molar-refractivity contribution in [1.82, 2.24) is 15.4 Å². The number of nitrogens with one attached hydrogen (secondary N) is 2. The van der Waals surface area contributed by atoms with Gasteiger partial charge < -0.3 is 10.1 Å². The molecule has 3 N–H and O–H groups in total. The van der Waals surface area contributed by atoms with Gasteiger partial charge in [0.15, 0.2) is 0 Å². The Hall–Kier alpha value is -3.45. The molecule has 0 saturated carbocycles. The molecule has 1 heterocycles. The van der Waals surface area contributed by atoms with E-state index >= 15 is 0 Å². The lowest BCUT2D eigenvalue weighted by molar-refractivity contribution is 0.0955. The fourth-order valence-electron chi connectivity index (χ4n) is 2.91. The number of carbonyl (C=O) groups excluding carboxylic acids is 1. The van der Waals surface area contributed by atoms with Gasteiger partial charge in [0.05, 0.1) is 21.7 Å². The smallest absolute Gasteiger partial charge is 0.271 e. The van der Waals surface area contributed by atoms with Crippen molar-refractivity contribution in [3.8, 4) is 5.75 Å². The molecule has 0 aliphatic heterocycles. The van der Waals surface area contributed by atoms with Crippen LogP contribution >= 0.6 is 15.9 Å². The van der Waals surface area contributed by atoms with Crippen molar-refractivity contribution < 1.29 is 9.90 Å². The fraction of sp³-hybridized carbons (Fsp3) is 0.0455. The first-order valence-corrected chi connectivity index (χ1v) is 9.72. The zero-order valence-electron chi connectivity index (χ0n) is 15.3. The first-order chi connectivity index (χ1) is 14.1. The number of rotatable bonds is 5. The standard InChI is InChI=1S/C22H17BrN4O2/c23-17-10-15(6-9-20(17)28)13-24-27-22(29)16-7-8-18-19(12-16)26-21(25-18)11-14-4-2-1-3-5-14/h1-10,12-13,28H,11H2,(H,25,26)(H,27,29)/b24-13-. The molecule has 3 aromatic carbocycles. The van der Waals surface area contributed by atoms with E-state index in [1.165, 1.54) is 11.8 Å². The third kappa shape index (κ3) is 4.52. The second kappa shape index (κ2) is 8.28. The predicted molar refractivity (Wildman–Crippen MR) is 116 cm³/mol. The Labute approximate surface area is 175 Å². The molecule has 4 aromatic rings. The molecule has 0 aliphatic carbocycles. The van der Waals surface area contributed by atoms with Crippen LogP contribution in [-0.2, 0) is 6.42 Å². The van der Waals surface area contributed by atoms with E-state index < -0.39 is 0 Å². The topological polar surface area (TPSA) is 90.4 Å². The van der Waals surface area contributed by atoms with Crippen LogP contribution in [0.25, 0.3) is 11.0 Å². The number of H-pyrrole nitrogens is 1. The summed E-state index contributed by atoms with van der Waals surface area (Å²) in [4.78, 5) is 20.2. The molecule has 4 rings (SSSR count). The minimum atomic E-state index is -0.319. The van der Waals surface area contributed by atoms with E-state index in [2.05, 4.69) is 48.6 Å². The lowest BCUT2D eigenvalue weighted by atomic mass is 10.1. The molecule has 0 saturated heterocycles. The van der Waals surface area contributed by atoms with Gasteiger partial charge in [-0.25, -0.2) is 10.4 Å². The van der Waals surface area contributed by atoms with Crippen LogP contribution in [0, 0.1) is 0 Å². The number of phenols is 1. The van der Waals surface area contributed by atoms with Gasteiger partial charge in [0, 0.05) is 12.0 Å². The Morgan fingerprint density at radius 1 is 1.14 bits per heavy atom. The summed E-state index contributed by atoms with van der Waals surface area (Å²) in [6.07, 6.45) is 2.21. The van der Waals surface area contributed by atoms with Gasteiger partial charge in [-0.15, -0.1) is 0 Å². The molecular formula is C22H17BrN4O2. The van der Waals surface area contributed by atoms with Crippen LogP contribution in [0.2, 0.25) is 0 Å². The Balaban J connectivity index is 1.46. The summed E-state index contributed by atoms with van der Waals surface area (Å²) in [6, 6.07) is 20.3. The lowest BCUT2D eigenvalue weighted by Crippen LogP contribution is -2.17. The van der Waals surface area contributed by atoms with Gasteiger partial charge in [-0.1, -0.05) is 30.3 Å². The number of hydrazone groups is 1. The van der Waals surface area contributed by atoms with Crippen molar-refractivity contribution >= 4 is 39.1 Å². The van der Waals surface area contributed by atoms with Crippen molar-refractivity contribution in [1.29, 1.82) is 0 Å². The van der Waals surface area contributed by atoms with Crippen molar-refractivity contribution in [3.63, 3.8) is 0 Å². The van der Waals surface area contributed by atoms with E-state index in [0.29, 0.717) is 16.5 Å². The van der Waals surface area contributed by atoms with Crippen LogP contribution in [-0.4, -0.2) is 27.2 Å². The summed E-state index contributed by atoms with van der Waals surface area (Å²) in [5, 5.41) is 13.5. The number of benzene rings is 3. The Kier molecular flexibility index (Phi) is 5.39. The molecule has 1 aromatic heterocycles. The molecule has 0 spiro atoms. The van der Waals surface area contributed by atoms with Crippen LogP contribution in [0.1, 0.15) is 27.3 Å². The number of amides is 1. The number of imidazole rings is 1. The van der Waals surface area contributed by atoms with Crippen LogP contribution in [0.15, 0.2) is 76.3 Å². The number of hydrogen-bond donors (Lipinski definition) is 3. The second-order valence-electron chi connectivity index (χ2n) is 6.49. The van der Waals surface area contributed by atoms with E-state index in [0.717, 1.165) is 22.4 Å². The van der Waals surface area contributed by atoms with E-state index in [1.807, 2.05) is 24.3 Å². The van der Waals surface area contributed by atoms with Gasteiger partial charge in [0.25, 0.3) is 5.91 Å². The number of phenolic OH excluding ortho intramolecular Hbond substituents is 1. The number of aromatic nitrogens is 2. The van der Waals surface area contributed by atoms with Crippen molar-refractivity contribution in [2.75, 3.05) is 0 Å². The van der Waals surface area contributed by atoms with Crippen molar-refractivity contribution in [3.05, 3.63) is 93.7 Å². The monoisotopic (exact) mass is 448 g/mol. The van der Waals surface area contributed by atoms with Crippen LogP contribution in [0.3, 0.4) is 0 Å². The summed E-state index contributed by atoms with van der Waals surface area (Å²) in [5.41, 5.74) is 6.51. The molecule has 0 aliphatic rings. The normalized spacial score (nSPS) is 11.2. The number of aromatic amines is 1. The number of halogens is 1. The molecule has 29 heavy (non-hydrogen) atoms. The zero-order valence-corrected chi connectivity index (χ0v) is 16.8. The Morgan fingerprint density at radius 3 is 2.76 bits per heavy atom. The predicted octanol–water partition coefficient (Wildman–Crippen LogP) is 4.39. The molecule has 1 amide bonds. The quantitative estimate of drug-likeness (QED) is 0.312. The molecule has 6 nitrogen and oxygen atoms in total. The van der Waals surface area contributed by atoms with E-state index in [9.17, 15) is 9.90 Å². The number of nitrogens with zero attached hydrogens (tertiary/aromatic N) is 2. The molecule has 0 radical (unpaired) electrons. The third-order valence-corrected chi connectivity index (χ3v) is 4.99. The van der Waals surface area contributed by atoms with E-state index in [4.69, 9.17) is 0 Å². The largest absolute Gasteiger partial charge is 0.507 e. The summed E-state index contributed by atoms with van der Waals surface area (Å²) in [6.45, 7) is 0. The first-order valence-electron chi connectivity index (χ1n) is 8.93. The minimum Gasteiger partial charge on any atom is -0.507 e. The van der Waals surface area contributed by atoms with Gasteiger partial charge in [0.1, 0.15) is 11.6 Å². The molecule has 0 unspecified atom stereocenters. The van der Waals surface area contributed by atoms with Gasteiger partial charge in [-0.05, 0) is 63.5 Å². The summed E-state index contributed by atoms with van der Waals surface area (Å²) in [5.74, 6) is 0.672. The minimum absolute atomic E-state index is 0.144. The molecule has 144 valence electrons. The maximum Gasteiger partial charge on any atom is 0.271 e. The summed E-state index contributed by atoms with van der Waals surface area (Å²) < 4.78 is 0.559. The number of aromatic hydroxyl groups is 1. The summed E-state index contributed by atoms with van der Waals surface area (Å²) >= 11 is 3.24. The third-order valence-electron chi connectivity index (χ3n) is 4.36. The fourth-order valence-corrected chi connectivity index (χ4v) is 3.31. The average molecular weight is 449 g/mol. The number of carbonyl (C=O) groups is 1. The molecule has 7 heteroatoms. The number of fused-ring (bicyclic) bond motifs is 1. The van der Waals surface area contributed by atoms with Gasteiger partial charge in [0.2, 0.25) is 0 Å². The SMILES string of the molecule is O=C(N/N=C\c1ccc(O)c(Br)c1)c1ccc2nc(Cc3ccccc3)[nH]c2c1. The van der Waals surface area contributed by atoms with Gasteiger partial charge in [-0.2, -0.15) is 5.10 Å². The first kappa shape index (κ1) is 18.9. The molecule has 0 bridgehead atoms. The Bertz CT molecular complexity index is 1200. The highest BCUT2D eigenvalue weighted by atomic mass is 79.9.